The molecule has 1 amide bonds. The number of benzene rings is 1. The van der Waals surface area contributed by atoms with Crippen molar-refractivity contribution >= 4 is 5.91 Å². The number of piperazine rings is 1. The molecule has 0 aromatic heterocycles. The Kier molecular flexibility index (Phi) is 6.24. The summed E-state index contributed by atoms with van der Waals surface area (Å²) in [5, 5.41) is 9.47. The van der Waals surface area contributed by atoms with Gasteiger partial charge >= 0.3 is 0 Å². The molecule has 0 aliphatic carbocycles. The van der Waals surface area contributed by atoms with E-state index < -0.39 is 0 Å². The number of rotatable bonds is 6. The van der Waals surface area contributed by atoms with Crippen LogP contribution < -0.4 is 0 Å². The lowest BCUT2D eigenvalue weighted by atomic mass is 10.1. The molecule has 1 aromatic carbocycles. The first kappa shape index (κ1) is 18.1. The molecule has 25 heavy (non-hydrogen) atoms. The summed E-state index contributed by atoms with van der Waals surface area (Å²) in [4.78, 5) is 19.5. The average molecular weight is 343 g/mol. The van der Waals surface area contributed by atoms with Crippen LogP contribution >= 0.6 is 0 Å². The third-order valence-corrected chi connectivity index (χ3v) is 5.38. The fourth-order valence-corrected chi connectivity index (χ4v) is 3.93. The molecule has 3 rings (SSSR count). The zero-order valence-corrected chi connectivity index (χ0v) is 14.9. The second-order valence-electron chi connectivity index (χ2n) is 6.97. The van der Waals surface area contributed by atoms with Crippen LogP contribution in [-0.4, -0.2) is 71.0 Å². The van der Waals surface area contributed by atoms with Gasteiger partial charge in [0.05, 0.1) is 12.6 Å². The highest BCUT2D eigenvalue weighted by Gasteiger charge is 2.34. The first-order valence-corrected chi connectivity index (χ1v) is 9.26. The summed E-state index contributed by atoms with van der Waals surface area (Å²) in [6, 6.07) is 8.07. The molecule has 136 valence electrons. The number of nitrogens with zero attached hydrogens (tertiary/aromatic N) is 3. The third-order valence-electron chi connectivity index (χ3n) is 5.38. The Morgan fingerprint density at radius 2 is 1.88 bits per heavy atom. The Bertz CT molecular complexity index is 596. The van der Waals surface area contributed by atoms with E-state index in [1.54, 1.807) is 0 Å². The lowest BCUT2D eigenvalue weighted by molar-refractivity contribution is -0.137. The second kappa shape index (κ2) is 8.61. The predicted octanol–water partition coefficient (Wildman–Crippen LogP) is 1.47. The molecule has 2 fully saturated rings. The Morgan fingerprint density at radius 1 is 1.16 bits per heavy atom. The van der Waals surface area contributed by atoms with Crippen LogP contribution in [0, 0.1) is 0 Å². The molecule has 1 N–H and O–H groups in total. The van der Waals surface area contributed by atoms with Gasteiger partial charge in [-0.05, 0) is 30.5 Å². The summed E-state index contributed by atoms with van der Waals surface area (Å²) < 4.78 is 0. The third kappa shape index (κ3) is 4.29. The van der Waals surface area contributed by atoms with Crippen molar-refractivity contribution in [2.75, 3.05) is 39.3 Å². The Balaban J connectivity index is 1.53. The number of likely N-dealkylation sites (tertiary alicyclic amines) is 1. The minimum Gasteiger partial charge on any atom is -0.392 e. The minimum absolute atomic E-state index is 0.0414. The molecular formula is C20H29N3O2. The number of amides is 1. The highest BCUT2D eigenvalue weighted by atomic mass is 16.3. The zero-order chi connectivity index (χ0) is 17.6. The molecule has 1 atom stereocenters. The smallest absolute Gasteiger partial charge is 0.240 e. The molecule has 2 aliphatic rings. The summed E-state index contributed by atoms with van der Waals surface area (Å²) in [5.41, 5.74) is 2.17. The van der Waals surface area contributed by atoms with E-state index >= 15 is 0 Å². The first-order valence-electron chi connectivity index (χ1n) is 9.26. The van der Waals surface area contributed by atoms with Crippen molar-refractivity contribution in [3.8, 4) is 0 Å². The minimum atomic E-state index is 0.0414. The van der Waals surface area contributed by atoms with Gasteiger partial charge in [0.1, 0.15) is 0 Å². The van der Waals surface area contributed by atoms with Crippen molar-refractivity contribution in [3.63, 3.8) is 0 Å². The van der Waals surface area contributed by atoms with Gasteiger partial charge in [-0.2, -0.15) is 0 Å². The number of hydrogen-bond donors (Lipinski definition) is 1. The largest absolute Gasteiger partial charge is 0.392 e. The van der Waals surface area contributed by atoms with Crippen molar-refractivity contribution in [1.29, 1.82) is 0 Å². The van der Waals surface area contributed by atoms with Crippen LogP contribution in [0.2, 0.25) is 0 Å². The second-order valence-corrected chi connectivity index (χ2v) is 6.97. The number of carbonyl (C=O) groups excluding carboxylic acids is 1. The standard InChI is InChI=1S/C20H29N3O2/c1-2-9-22-10-5-8-19(22)20(25)23-13-11-21(12-14-23)15-17-6-3-4-7-18(17)16-24/h2-4,6-7,19,24H,1,5,8-16H2/t19-/m1/s1. The summed E-state index contributed by atoms with van der Waals surface area (Å²) >= 11 is 0. The topological polar surface area (TPSA) is 47.0 Å². The van der Waals surface area contributed by atoms with Gasteiger partial charge in [-0.25, -0.2) is 0 Å². The maximum atomic E-state index is 12.8. The van der Waals surface area contributed by atoms with Crippen LogP contribution in [0.4, 0.5) is 0 Å². The fraction of sp³-hybridized carbons (Fsp3) is 0.550. The van der Waals surface area contributed by atoms with E-state index in [-0.39, 0.29) is 18.6 Å². The molecule has 0 radical (unpaired) electrons. The highest BCUT2D eigenvalue weighted by molar-refractivity contribution is 5.82. The Labute approximate surface area is 150 Å². The van der Waals surface area contributed by atoms with Gasteiger partial charge in [-0.3, -0.25) is 14.6 Å². The molecule has 5 heteroatoms. The SMILES string of the molecule is C=CCN1CCC[C@@H]1C(=O)N1CCN(Cc2ccccc2CO)CC1. The summed E-state index contributed by atoms with van der Waals surface area (Å²) in [6.45, 7) is 9.88. The van der Waals surface area contributed by atoms with Crippen molar-refractivity contribution in [2.45, 2.75) is 32.0 Å². The van der Waals surface area contributed by atoms with E-state index in [9.17, 15) is 9.90 Å². The zero-order valence-electron chi connectivity index (χ0n) is 14.9. The molecule has 2 aliphatic heterocycles. The van der Waals surface area contributed by atoms with Gasteiger partial charge in [0.2, 0.25) is 5.91 Å². The van der Waals surface area contributed by atoms with Gasteiger partial charge in [-0.1, -0.05) is 30.3 Å². The summed E-state index contributed by atoms with van der Waals surface area (Å²) in [7, 11) is 0. The maximum Gasteiger partial charge on any atom is 0.240 e. The number of carbonyl (C=O) groups is 1. The monoisotopic (exact) mass is 343 g/mol. The highest BCUT2D eigenvalue weighted by Crippen LogP contribution is 2.20. The lowest BCUT2D eigenvalue weighted by Crippen LogP contribution is -2.53. The van der Waals surface area contributed by atoms with E-state index in [0.717, 1.165) is 64.2 Å². The fourth-order valence-electron chi connectivity index (χ4n) is 3.93. The normalized spacial score (nSPS) is 22.3. The maximum absolute atomic E-state index is 12.8. The molecule has 0 bridgehead atoms. The van der Waals surface area contributed by atoms with E-state index in [1.165, 1.54) is 5.56 Å². The van der Waals surface area contributed by atoms with Crippen LogP contribution in [0.3, 0.4) is 0 Å². The van der Waals surface area contributed by atoms with Gasteiger partial charge in [0, 0.05) is 39.3 Å². The van der Waals surface area contributed by atoms with Crippen LogP contribution in [0.5, 0.6) is 0 Å². The van der Waals surface area contributed by atoms with Gasteiger partial charge in [0.15, 0.2) is 0 Å². The van der Waals surface area contributed by atoms with Crippen molar-refractivity contribution in [3.05, 3.63) is 48.0 Å². The van der Waals surface area contributed by atoms with E-state index in [1.807, 2.05) is 29.2 Å². The number of aliphatic hydroxyl groups excluding tert-OH is 1. The first-order chi connectivity index (χ1) is 12.2. The molecule has 2 saturated heterocycles. The Hall–Kier alpha value is -1.69. The van der Waals surface area contributed by atoms with Crippen LogP contribution in [0.15, 0.2) is 36.9 Å². The van der Waals surface area contributed by atoms with Crippen LogP contribution in [0.25, 0.3) is 0 Å². The van der Waals surface area contributed by atoms with E-state index in [2.05, 4.69) is 22.4 Å². The van der Waals surface area contributed by atoms with Crippen molar-refractivity contribution in [2.24, 2.45) is 0 Å². The van der Waals surface area contributed by atoms with Crippen LogP contribution in [-0.2, 0) is 17.9 Å². The molecule has 0 spiro atoms. The molecule has 5 nitrogen and oxygen atoms in total. The quantitative estimate of drug-likeness (QED) is 0.795. The molecule has 0 unspecified atom stereocenters. The molecule has 0 saturated carbocycles. The number of aliphatic hydroxyl groups is 1. The summed E-state index contributed by atoms with van der Waals surface area (Å²) in [5.74, 6) is 0.287. The van der Waals surface area contributed by atoms with Crippen molar-refractivity contribution < 1.29 is 9.90 Å². The molecular weight excluding hydrogens is 314 g/mol. The van der Waals surface area contributed by atoms with Gasteiger partial charge in [0.25, 0.3) is 0 Å². The Morgan fingerprint density at radius 3 is 2.56 bits per heavy atom. The average Bonchev–Trinajstić information content (AvgIpc) is 3.11. The van der Waals surface area contributed by atoms with Crippen LogP contribution in [0.1, 0.15) is 24.0 Å². The number of hydrogen-bond acceptors (Lipinski definition) is 4. The van der Waals surface area contributed by atoms with Crippen molar-refractivity contribution in [1.82, 2.24) is 14.7 Å². The summed E-state index contributed by atoms with van der Waals surface area (Å²) in [6.07, 6.45) is 3.96. The molecule has 2 heterocycles. The van der Waals surface area contributed by atoms with E-state index in [0.29, 0.717) is 0 Å². The van der Waals surface area contributed by atoms with Gasteiger partial charge in [-0.15, -0.1) is 6.58 Å². The van der Waals surface area contributed by atoms with E-state index in [4.69, 9.17) is 0 Å². The predicted molar refractivity (Wildman–Crippen MR) is 99.0 cm³/mol. The molecule has 1 aromatic rings. The van der Waals surface area contributed by atoms with Gasteiger partial charge < -0.3 is 10.0 Å². The lowest BCUT2D eigenvalue weighted by Gasteiger charge is -2.37.